The predicted molar refractivity (Wildman–Crippen MR) is 190 cm³/mol. The first kappa shape index (κ1) is 46.9. The molecule has 0 amide bonds. The molecule has 0 rings (SSSR count). The number of ether oxygens (including phenoxy) is 2. The highest BCUT2D eigenvalue weighted by molar-refractivity contribution is 7.48. The molecule has 0 aromatic rings. The van der Waals surface area contributed by atoms with E-state index in [0.717, 1.165) is 38.5 Å². The lowest BCUT2D eigenvalue weighted by molar-refractivity contribution is -0.870. The summed E-state index contributed by atoms with van der Waals surface area (Å²) in [5.74, 6) is -0.830. The molecule has 0 aliphatic rings. The summed E-state index contributed by atoms with van der Waals surface area (Å²) < 4.78 is 37.6. The standard InChI is InChI=1S/C36H72NO10P/c1-6-8-10-12-14-15-16-17-18-19-20-21-23-24-26-28-35(38)42-32-34(45-36(39)29-27-25-22-13-11-9-7-2)33-43-47-48(41,46-40)44-31-30-37(3,4)5/h34H,6-33H2,1-5H3/p+1/t34-,48-/m0/s1. The number of carbonyl (C=O) groups is 2. The van der Waals surface area contributed by atoms with Crippen molar-refractivity contribution in [3.63, 3.8) is 0 Å². The molecule has 0 aliphatic heterocycles. The molecule has 0 fully saturated rings. The zero-order valence-corrected chi connectivity index (χ0v) is 32.3. The third kappa shape index (κ3) is 32.2. The Labute approximate surface area is 293 Å². The molecule has 0 aromatic carbocycles. The van der Waals surface area contributed by atoms with E-state index in [2.05, 4.69) is 18.5 Å². The van der Waals surface area contributed by atoms with Crippen molar-refractivity contribution in [1.29, 1.82) is 0 Å². The third-order valence-electron chi connectivity index (χ3n) is 8.21. The SMILES string of the molecule is CCCCCCCCCCCCCCCCCC(=O)OC[C@@H](COO[P@](=O)(OO)OCC[N+](C)(C)C)OC(=O)CCCCCCCCC. The van der Waals surface area contributed by atoms with Crippen LogP contribution in [0.25, 0.3) is 0 Å². The van der Waals surface area contributed by atoms with Gasteiger partial charge in [0.1, 0.15) is 26.4 Å². The summed E-state index contributed by atoms with van der Waals surface area (Å²) in [5.41, 5.74) is 0. The summed E-state index contributed by atoms with van der Waals surface area (Å²) in [6.45, 7) is 4.22. The number of quaternary nitrogens is 1. The van der Waals surface area contributed by atoms with Crippen LogP contribution in [0.4, 0.5) is 0 Å². The molecule has 0 heterocycles. The van der Waals surface area contributed by atoms with Crippen molar-refractivity contribution in [2.24, 2.45) is 0 Å². The van der Waals surface area contributed by atoms with Gasteiger partial charge in [-0.2, -0.15) is 0 Å². The van der Waals surface area contributed by atoms with Crippen molar-refractivity contribution in [2.45, 2.75) is 174 Å². The average molecular weight is 711 g/mol. The van der Waals surface area contributed by atoms with Crippen molar-refractivity contribution in [1.82, 2.24) is 0 Å². The van der Waals surface area contributed by atoms with Crippen LogP contribution >= 0.6 is 7.82 Å². The normalized spacial score (nSPS) is 13.7. The molecule has 0 spiro atoms. The van der Waals surface area contributed by atoms with E-state index in [9.17, 15) is 14.2 Å². The van der Waals surface area contributed by atoms with Gasteiger partial charge in [-0.1, -0.05) is 142 Å². The van der Waals surface area contributed by atoms with Crippen LogP contribution < -0.4 is 0 Å². The maximum absolute atomic E-state index is 12.5. The largest absolute Gasteiger partial charge is 0.529 e. The number of phosphoric acid groups is 1. The van der Waals surface area contributed by atoms with Crippen LogP contribution in [-0.4, -0.2) is 75.3 Å². The number of esters is 2. The van der Waals surface area contributed by atoms with Gasteiger partial charge < -0.3 is 14.0 Å². The Morgan fingerprint density at radius 2 is 1.04 bits per heavy atom. The molecule has 1 N–H and O–H groups in total. The summed E-state index contributed by atoms with van der Waals surface area (Å²) in [6, 6.07) is 0. The molecule has 0 aliphatic carbocycles. The molecule has 0 aromatic heterocycles. The summed E-state index contributed by atoms with van der Waals surface area (Å²) in [7, 11) is 1.33. The second-order valence-electron chi connectivity index (χ2n) is 14.1. The van der Waals surface area contributed by atoms with Crippen molar-refractivity contribution in [2.75, 3.05) is 47.5 Å². The number of nitrogens with zero attached hydrogens (tertiary/aromatic N) is 1. The lowest BCUT2D eigenvalue weighted by atomic mass is 10.0. The zero-order chi connectivity index (χ0) is 35.8. The van der Waals surface area contributed by atoms with Crippen molar-refractivity contribution >= 4 is 19.8 Å². The monoisotopic (exact) mass is 710 g/mol. The maximum Gasteiger partial charge on any atom is 0.529 e. The van der Waals surface area contributed by atoms with E-state index in [0.29, 0.717) is 17.4 Å². The highest BCUT2D eigenvalue weighted by Gasteiger charge is 2.31. The Hall–Kier alpha value is -1.07. The fourth-order valence-electron chi connectivity index (χ4n) is 5.14. The van der Waals surface area contributed by atoms with Gasteiger partial charge in [0.2, 0.25) is 0 Å². The predicted octanol–water partition coefficient (Wildman–Crippen LogP) is 10.1. The minimum absolute atomic E-state index is 0.0293. The van der Waals surface area contributed by atoms with Gasteiger partial charge in [0.25, 0.3) is 0 Å². The minimum atomic E-state index is -4.41. The van der Waals surface area contributed by atoms with Crippen LogP contribution in [0.1, 0.15) is 168 Å². The molecule has 0 bridgehead atoms. The number of unbranched alkanes of at least 4 members (excludes halogenated alkanes) is 20. The summed E-state index contributed by atoms with van der Waals surface area (Å²) in [5, 5.41) is 9.07. The van der Waals surface area contributed by atoms with E-state index in [4.69, 9.17) is 28.8 Å². The van der Waals surface area contributed by atoms with Crippen LogP contribution in [0, 0.1) is 0 Å². The van der Waals surface area contributed by atoms with Gasteiger partial charge >= 0.3 is 19.8 Å². The Kier molecular flexibility index (Phi) is 31.2. The maximum atomic E-state index is 12.5. The van der Waals surface area contributed by atoms with Crippen molar-refractivity contribution in [3.8, 4) is 0 Å². The Bertz CT molecular complexity index is 808. The molecular weight excluding hydrogens is 637 g/mol. The molecular formula is C36H73NO10P+. The van der Waals surface area contributed by atoms with E-state index in [1.165, 1.54) is 96.3 Å². The molecule has 286 valence electrons. The summed E-state index contributed by atoms with van der Waals surface area (Å²) in [6.07, 6.45) is 25.7. The quantitative estimate of drug-likeness (QED) is 0.0168. The van der Waals surface area contributed by atoms with Gasteiger partial charge in [-0.3, -0.25) is 14.1 Å². The average Bonchev–Trinajstić information content (AvgIpc) is 3.04. The van der Waals surface area contributed by atoms with Crippen LogP contribution in [-0.2, 0) is 42.4 Å². The van der Waals surface area contributed by atoms with Crippen LogP contribution in [0.3, 0.4) is 0 Å². The third-order valence-corrected chi connectivity index (χ3v) is 9.19. The van der Waals surface area contributed by atoms with Gasteiger partial charge in [0.15, 0.2) is 6.10 Å². The molecule has 11 nitrogen and oxygen atoms in total. The zero-order valence-electron chi connectivity index (χ0n) is 31.4. The van der Waals surface area contributed by atoms with E-state index in [1.54, 1.807) is 0 Å². The van der Waals surface area contributed by atoms with Gasteiger partial charge in [0, 0.05) is 12.8 Å². The van der Waals surface area contributed by atoms with Gasteiger partial charge in [-0.25, -0.2) is 14.7 Å². The number of hydrogen-bond donors (Lipinski definition) is 1. The molecule has 0 saturated heterocycles. The van der Waals surface area contributed by atoms with E-state index in [-0.39, 0.29) is 32.0 Å². The fourth-order valence-corrected chi connectivity index (χ4v) is 5.75. The first-order valence-electron chi connectivity index (χ1n) is 19.1. The number of hydrogen-bond acceptors (Lipinski definition) is 10. The van der Waals surface area contributed by atoms with Crippen molar-refractivity contribution in [3.05, 3.63) is 0 Å². The Balaban J connectivity index is 4.41. The van der Waals surface area contributed by atoms with E-state index < -0.39 is 26.5 Å². The van der Waals surface area contributed by atoms with Crippen molar-refractivity contribution < 1.29 is 52.1 Å². The highest BCUT2D eigenvalue weighted by Crippen LogP contribution is 2.48. The van der Waals surface area contributed by atoms with E-state index in [1.807, 2.05) is 21.1 Å². The molecule has 12 heteroatoms. The summed E-state index contributed by atoms with van der Waals surface area (Å²) >= 11 is 0. The van der Waals surface area contributed by atoms with Gasteiger partial charge in [-0.15, -0.1) is 9.35 Å². The lowest BCUT2D eigenvalue weighted by Gasteiger charge is -2.24. The van der Waals surface area contributed by atoms with E-state index >= 15 is 0 Å². The molecule has 48 heavy (non-hydrogen) atoms. The first-order chi connectivity index (χ1) is 23.0. The highest BCUT2D eigenvalue weighted by atomic mass is 31.2. The Morgan fingerprint density at radius 1 is 0.625 bits per heavy atom. The number of likely N-dealkylation sites (N-methyl/N-ethyl adjacent to an activating group) is 1. The second kappa shape index (κ2) is 31.9. The van der Waals surface area contributed by atoms with Gasteiger partial charge in [-0.05, 0) is 12.8 Å². The number of rotatable bonds is 36. The molecule has 2 atom stereocenters. The number of carbonyl (C=O) groups excluding carboxylic acids is 2. The molecule has 0 radical (unpaired) electrons. The smallest absolute Gasteiger partial charge is 0.462 e. The van der Waals surface area contributed by atoms with Crippen LogP contribution in [0.2, 0.25) is 0 Å². The second-order valence-corrected chi connectivity index (χ2v) is 15.6. The van der Waals surface area contributed by atoms with Crippen LogP contribution in [0.5, 0.6) is 0 Å². The van der Waals surface area contributed by atoms with Crippen LogP contribution in [0.15, 0.2) is 0 Å². The molecule has 0 saturated carbocycles. The molecule has 0 unspecified atom stereocenters. The minimum Gasteiger partial charge on any atom is -0.462 e. The van der Waals surface area contributed by atoms with Gasteiger partial charge in [0.05, 0.1) is 21.1 Å². The first-order valence-corrected chi connectivity index (χ1v) is 20.6. The topological polar surface area (TPSA) is 127 Å². The summed E-state index contributed by atoms with van der Waals surface area (Å²) in [4.78, 5) is 29.9. The Morgan fingerprint density at radius 3 is 1.46 bits per heavy atom. The lowest BCUT2D eigenvalue weighted by Crippen LogP contribution is -2.37. The fraction of sp³-hybridized carbons (Fsp3) is 0.944.